The van der Waals surface area contributed by atoms with Crippen molar-refractivity contribution >= 4 is 12.2 Å². The Morgan fingerprint density at radius 2 is 2.00 bits per heavy atom. The molecule has 2 aromatic rings. The van der Waals surface area contributed by atoms with Gasteiger partial charge in [-0.1, -0.05) is 19.1 Å². The lowest BCUT2D eigenvalue weighted by molar-refractivity contribution is -0.149. The summed E-state index contributed by atoms with van der Waals surface area (Å²) in [6.07, 6.45) is -4.17. The van der Waals surface area contributed by atoms with Crippen molar-refractivity contribution < 1.29 is 22.6 Å². The van der Waals surface area contributed by atoms with E-state index in [0.29, 0.717) is 35.1 Å². The molecular formula is C17H21F3N4O2S. The summed E-state index contributed by atoms with van der Waals surface area (Å²) in [4.78, 5) is 1.28. The van der Waals surface area contributed by atoms with Crippen LogP contribution in [-0.4, -0.2) is 45.1 Å². The SMILES string of the molecule is CCCN(Cn1nc([C@@H]2COc3ccccc3O2)n(C)c1=S)CC(F)(F)F. The highest BCUT2D eigenvalue weighted by atomic mass is 32.1. The van der Waals surface area contributed by atoms with Gasteiger partial charge in [-0.25, -0.2) is 4.68 Å². The summed E-state index contributed by atoms with van der Waals surface area (Å²) in [6, 6.07) is 7.28. The van der Waals surface area contributed by atoms with E-state index in [4.69, 9.17) is 21.7 Å². The van der Waals surface area contributed by atoms with Crippen molar-refractivity contribution in [3.8, 4) is 11.5 Å². The van der Waals surface area contributed by atoms with Crippen LogP contribution < -0.4 is 9.47 Å². The van der Waals surface area contributed by atoms with Crippen molar-refractivity contribution in [1.29, 1.82) is 0 Å². The number of para-hydroxylation sites is 2. The van der Waals surface area contributed by atoms with E-state index in [1.54, 1.807) is 17.7 Å². The molecule has 0 saturated heterocycles. The molecule has 0 unspecified atom stereocenters. The third-order valence-corrected chi connectivity index (χ3v) is 4.63. The second kappa shape index (κ2) is 7.89. The first-order valence-corrected chi connectivity index (χ1v) is 9.00. The van der Waals surface area contributed by atoms with E-state index in [1.807, 2.05) is 25.1 Å². The van der Waals surface area contributed by atoms with E-state index >= 15 is 0 Å². The van der Waals surface area contributed by atoms with Crippen molar-refractivity contribution in [3.63, 3.8) is 0 Å². The zero-order chi connectivity index (χ0) is 19.6. The molecule has 0 fully saturated rings. The van der Waals surface area contributed by atoms with Crippen LogP contribution in [0.25, 0.3) is 0 Å². The maximum absolute atomic E-state index is 12.8. The average molecular weight is 402 g/mol. The molecule has 3 rings (SSSR count). The summed E-state index contributed by atoms with van der Waals surface area (Å²) in [6.45, 7) is 1.33. The highest BCUT2D eigenvalue weighted by Crippen LogP contribution is 2.35. The third kappa shape index (κ3) is 4.62. The van der Waals surface area contributed by atoms with Gasteiger partial charge in [0.1, 0.15) is 6.61 Å². The molecule has 2 heterocycles. The molecule has 10 heteroatoms. The zero-order valence-corrected chi connectivity index (χ0v) is 15.9. The van der Waals surface area contributed by atoms with Gasteiger partial charge in [-0.05, 0) is 37.3 Å². The van der Waals surface area contributed by atoms with Gasteiger partial charge >= 0.3 is 6.18 Å². The van der Waals surface area contributed by atoms with Crippen LogP contribution in [0.4, 0.5) is 13.2 Å². The number of ether oxygens (including phenoxy) is 2. The van der Waals surface area contributed by atoms with Crippen LogP contribution in [0.1, 0.15) is 25.3 Å². The Kier molecular flexibility index (Phi) is 5.75. The van der Waals surface area contributed by atoms with Crippen LogP contribution in [-0.2, 0) is 13.7 Å². The molecule has 0 spiro atoms. The number of hydrogen-bond acceptors (Lipinski definition) is 5. The molecule has 0 amide bonds. The van der Waals surface area contributed by atoms with E-state index < -0.39 is 18.8 Å². The van der Waals surface area contributed by atoms with Crippen LogP contribution in [0.15, 0.2) is 24.3 Å². The van der Waals surface area contributed by atoms with Crippen LogP contribution in [0.2, 0.25) is 0 Å². The smallest absolute Gasteiger partial charge is 0.401 e. The van der Waals surface area contributed by atoms with Gasteiger partial charge in [0.2, 0.25) is 0 Å². The number of aromatic nitrogens is 3. The summed E-state index contributed by atoms with van der Waals surface area (Å²) in [7, 11) is 1.72. The molecule has 0 saturated carbocycles. The van der Waals surface area contributed by atoms with Gasteiger partial charge in [0.25, 0.3) is 0 Å². The Morgan fingerprint density at radius 3 is 2.67 bits per heavy atom. The maximum atomic E-state index is 12.8. The van der Waals surface area contributed by atoms with Crippen molar-refractivity contribution in [2.24, 2.45) is 7.05 Å². The number of hydrogen-bond donors (Lipinski definition) is 0. The summed E-state index contributed by atoms with van der Waals surface area (Å²) < 4.78 is 53.4. The second-order valence-corrected chi connectivity index (χ2v) is 6.74. The Hall–Kier alpha value is -2.07. The lowest BCUT2D eigenvalue weighted by Gasteiger charge is -2.25. The first-order chi connectivity index (χ1) is 12.8. The molecule has 27 heavy (non-hydrogen) atoms. The Balaban J connectivity index is 1.81. The van der Waals surface area contributed by atoms with E-state index in [0.717, 1.165) is 0 Å². The van der Waals surface area contributed by atoms with Gasteiger partial charge in [-0.3, -0.25) is 4.90 Å². The molecule has 1 aromatic carbocycles. The van der Waals surface area contributed by atoms with E-state index in [-0.39, 0.29) is 13.3 Å². The Bertz CT molecular complexity index is 849. The number of rotatable bonds is 6. The standard InChI is InChI=1S/C17H21F3N4O2S/c1-3-8-23(10-17(18,19)20)11-24-16(27)22(2)15(21-24)14-9-25-12-6-4-5-7-13(12)26-14/h4-7,14H,3,8-11H2,1-2H3/t14-/m0/s1. The number of benzene rings is 1. The normalized spacial score (nSPS) is 16.7. The number of nitrogens with zero attached hydrogens (tertiary/aromatic N) is 4. The molecule has 0 N–H and O–H groups in total. The maximum Gasteiger partial charge on any atom is 0.401 e. The summed E-state index contributed by atoms with van der Waals surface area (Å²) >= 11 is 5.36. The quantitative estimate of drug-likeness (QED) is 0.690. The van der Waals surface area contributed by atoms with Crippen LogP contribution in [0.5, 0.6) is 11.5 Å². The van der Waals surface area contributed by atoms with E-state index in [2.05, 4.69) is 5.10 Å². The Morgan fingerprint density at radius 1 is 1.30 bits per heavy atom. The number of alkyl halides is 3. The van der Waals surface area contributed by atoms with Crippen LogP contribution in [0, 0.1) is 4.77 Å². The first-order valence-electron chi connectivity index (χ1n) is 8.60. The highest BCUT2D eigenvalue weighted by Gasteiger charge is 2.31. The lowest BCUT2D eigenvalue weighted by atomic mass is 10.2. The summed E-state index contributed by atoms with van der Waals surface area (Å²) in [5.41, 5.74) is 0. The predicted octanol–water partition coefficient (Wildman–Crippen LogP) is 3.70. The monoisotopic (exact) mass is 402 g/mol. The highest BCUT2D eigenvalue weighted by molar-refractivity contribution is 7.71. The fourth-order valence-corrected chi connectivity index (χ4v) is 3.18. The summed E-state index contributed by atoms with van der Waals surface area (Å²) in [5.74, 6) is 1.76. The minimum atomic E-state index is -4.28. The van der Waals surface area contributed by atoms with Gasteiger partial charge < -0.3 is 14.0 Å². The molecule has 1 aliphatic rings. The van der Waals surface area contributed by atoms with Crippen molar-refractivity contribution in [3.05, 3.63) is 34.9 Å². The summed E-state index contributed by atoms with van der Waals surface area (Å²) in [5, 5.41) is 4.42. The van der Waals surface area contributed by atoms with Gasteiger partial charge in [-0.15, -0.1) is 0 Å². The minimum Gasteiger partial charge on any atom is -0.485 e. The minimum absolute atomic E-state index is 0.0375. The van der Waals surface area contributed by atoms with Gasteiger partial charge in [-0.2, -0.15) is 18.3 Å². The number of fused-ring (bicyclic) bond motifs is 1. The second-order valence-electron chi connectivity index (χ2n) is 6.37. The average Bonchev–Trinajstić information content (AvgIpc) is 2.88. The largest absolute Gasteiger partial charge is 0.485 e. The van der Waals surface area contributed by atoms with E-state index in [9.17, 15) is 13.2 Å². The van der Waals surface area contributed by atoms with Crippen molar-refractivity contribution in [2.45, 2.75) is 32.3 Å². The van der Waals surface area contributed by atoms with Crippen LogP contribution in [0.3, 0.4) is 0 Å². The van der Waals surface area contributed by atoms with Gasteiger partial charge in [0, 0.05) is 7.05 Å². The molecule has 1 aromatic heterocycles. The molecule has 0 aliphatic carbocycles. The zero-order valence-electron chi connectivity index (χ0n) is 15.1. The molecule has 6 nitrogen and oxygen atoms in total. The lowest BCUT2D eigenvalue weighted by Crippen LogP contribution is -2.36. The molecular weight excluding hydrogens is 381 g/mol. The third-order valence-electron chi connectivity index (χ3n) is 4.15. The molecule has 148 valence electrons. The van der Waals surface area contributed by atoms with Crippen LogP contribution >= 0.6 is 12.2 Å². The van der Waals surface area contributed by atoms with Gasteiger partial charge in [0.15, 0.2) is 28.2 Å². The van der Waals surface area contributed by atoms with Crippen molar-refractivity contribution in [2.75, 3.05) is 19.7 Å². The van der Waals surface area contributed by atoms with Crippen molar-refractivity contribution in [1.82, 2.24) is 19.2 Å². The van der Waals surface area contributed by atoms with E-state index in [1.165, 1.54) is 9.58 Å². The molecule has 0 radical (unpaired) electrons. The fourth-order valence-electron chi connectivity index (χ4n) is 2.98. The fraction of sp³-hybridized carbons (Fsp3) is 0.529. The number of halogens is 3. The predicted molar refractivity (Wildman–Crippen MR) is 95.3 cm³/mol. The molecule has 0 bridgehead atoms. The topological polar surface area (TPSA) is 44.5 Å². The van der Waals surface area contributed by atoms with Gasteiger partial charge in [0.05, 0.1) is 13.2 Å². The molecule has 1 atom stereocenters. The molecule has 1 aliphatic heterocycles. The Labute approximate surface area is 160 Å². The first kappa shape index (κ1) is 19.7.